The largest absolute Gasteiger partial charge is 0.342 e. The molecule has 3 amide bonds. The number of piperidine rings is 2. The van der Waals surface area contributed by atoms with E-state index in [1.54, 1.807) is 6.20 Å². The molecule has 3 aliphatic rings. The van der Waals surface area contributed by atoms with E-state index >= 15 is 0 Å². The Kier molecular flexibility index (Phi) is 6.88. The number of carbonyl (C=O) groups is 3. The minimum Gasteiger partial charge on any atom is -0.342 e. The minimum absolute atomic E-state index is 0.0855. The van der Waals surface area contributed by atoms with E-state index in [2.05, 4.69) is 11.9 Å². The first-order valence-corrected chi connectivity index (χ1v) is 11.9. The van der Waals surface area contributed by atoms with Crippen LogP contribution in [0, 0.1) is 5.92 Å². The molecule has 7 nitrogen and oxygen atoms in total. The first-order chi connectivity index (χ1) is 15.1. The summed E-state index contributed by atoms with van der Waals surface area (Å²) in [5, 5.41) is 0. The van der Waals surface area contributed by atoms with Gasteiger partial charge in [-0.15, -0.1) is 0 Å². The highest BCUT2D eigenvalue weighted by atomic mass is 16.2. The number of carbonyl (C=O) groups excluding carboxylic acids is 3. The molecule has 4 rings (SSSR count). The van der Waals surface area contributed by atoms with Gasteiger partial charge in [0.25, 0.3) is 5.91 Å². The number of hydrogen-bond donors (Lipinski definition) is 0. The van der Waals surface area contributed by atoms with E-state index in [1.165, 1.54) is 6.42 Å². The molecule has 0 N–H and O–H groups in total. The van der Waals surface area contributed by atoms with Crippen molar-refractivity contribution < 1.29 is 14.4 Å². The van der Waals surface area contributed by atoms with Crippen LogP contribution in [0.2, 0.25) is 0 Å². The zero-order valence-electron chi connectivity index (χ0n) is 18.6. The van der Waals surface area contributed by atoms with Gasteiger partial charge in [-0.05, 0) is 50.7 Å². The number of aromatic nitrogens is 1. The van der Waals surface area contributed by atoms with Crippen molar-refractivity contribution >= 4 is 17.7 Å². The summed E-state index contributed by atoms with van der Waals surface area (Å²) in [6.45, 7) is 6.46. The van der Waals surface area contributed by atoms with Crippen LogP contribution in [0.15, 0.2) is 18.3 Å². The third kappa shape index (κ3) is 4.91. The monoisotopic (exact) mass is 426 g/mol. The zero-order valence-corrected chi connectivity index (χ0v) is 18.6. The molecule has 3 saturated heterocycles. The Labute approximate surface area is 184 Å². The maximum Gasteiger partial charge on any atom is 0.255 e. The number of nitrogens with zero attached hydrogens (tertiary/aromatic N) is 4. The second-order valence-corrected chi connectivity index (χ2v) is 9.16. The Bertz CT molecular complexity index is 796. The molecule has 1 aromatic rings. The Morgan fingerprint density at radius 3 is 2.42 bits per heavy atom. The van der Waals surface area contributed by atoms with Crippen molar-refractivity contribution in [2.45, 2.75) is 57.8 Å². The Morgan fingerprint density at radius 2 is 1.77 bits per heavy atom. The molecule has 1 atom stereocenters. The van der Waals surface area contributed by atoms with E-state index in [4.69, 9.17) is 0 Å². The fraction of sp³-hybridized carbons (Fsp3) is 0.667. The van der Waals surface area contributed by atoms with Crippen molar-refractivity contribution in [2.75, 3.05) is 39.3 Å². The number of hydrogen-bond acceptors (Lipinski definition) is 4. The lowest BCUT2D eigenvalue weighted by Gasteiger charge is -2.33. The first kappa shape index (κ1) is 21.8. The van der Waals surface area contributed by atoms with Crippen LogP contribution < -0.4 is 0 Å². The van der Waals surface area contributed by atoms with Gasteiger partial charge in [-0.1, -0.05) is 6.92 Å². The van der Waals surface area contributed by atoms with Crippen molar-refractivity contribution in [1.82, 2.24) is 19.7 Å². The summed E-state index contributed by atoms with van der Waals surface area (Å²) in [6, 6.07) is 3.89. The van der Waals surface area contributed by atoms with Crippen LogP contribution in [-0.2, 0) is 9.59 Å². The van der Waals surface area contributed by atoms with Crippen molar-refractivity contribution in [3.63, 3.8) is 0 Å². The van der Waals surface area contributed by atoms with Crippen LogP contribution in [-0.4, -0.2) is 76.7 Å². The van der Waals surface area contributed by atoms with Crippen LogP contribution in [0.4, 0.5) is 0 Å². The molecule has 168 valence electrons. The molecular formula is C24H34N4O3. The van der Waals surface area contributed by atoms with Gasteiger partial charge in [0.15, 0.2) is 0 Å². The number of rotatable bonds is 5. The van der Waals surface area contributed by atoms with Gasteiger partial charge in [-0.25, -0.2) is 0 Å². The van der Waals surface area contributed by atoms with E-state index in [-0.39, 0.29) is 23.6 Å². The van der Waals surface area contributed by atoms with Gasteiger partial charge in [0.1, 0.15) is 0 Å². The molecule has 0 aromatic carbocycles. The summed E-state index contributed by atoms with van der Waals surface area (Å²) >= 11 is 0. The molecule has 0 unspecified atom stereocenters. The number of amides is 3. The van der Waals surface area contributed by atoms with E-state index in [1.807, 2.05) is 26.8 Å². The summed E-state index contributed by atoms with van der Waals surface area (Å²) in [5.74, 6) is 0.445. The maximum atomic E-state index is 12.9. The van der Waals surface area contributed by atoms with Crippen LogP contribution in [0.1, 0.15) is 73.8 Å². The molecule has 4 heterocycles. The number of likely N-dealkylation sites (tertiary alicyclic amines) is 3. The predicted molar refractivity (Wildman–Crippen MR) is 118 cm³/mol. The van der Waals surface area contributed by atoms with Crippen LogP contribution in [0.25, 0.3) is 0 Å². The normalized spacial score (nSPS) is 22.8. The lowest BCUT2D eigenvalue weighted by atomic mass is 9.92. The van der Waals surface area contributed by atoms with Crippen LogP contribution >= 0.6 is 0 Å². The Morgan fingerprint density at radius 1 is 1.03 bits per heavy atom. The van der Waals surface area contributed by atoms with Gasteiger partial charge in [0.2, 0.25) is 11.8 Å². The third-order valence-corrected chi connectivity index (χ3v) is 6.96. The van der Waals surface area contributed by atoms with Crippen molar-refractivity contribution in [2.24, 2.45) is 5.92 Å². The van der Waals surface area contributed by atoms with E-state index in [0.29, 0.717) is 37.5 Å². The molecule has 31 heavy (non-hydrogen) atoms. The molecule has 1 aromatic heterocycles. The molecule has 7 heteroatoms. The Balaban J connectivity index is 1.29. The summed E-state index contributed by atoms with van der Waals surface area (Å²) < 4.78 is 0. The van der Waals surface area contributed by atoms with E-state index < -0.39 is 0 Å². The molecule has 0 bridgehead atoms. The predicted octanol–water partition coefficient (Wildman–Crippen LogP) is 2.67. The van der Waals surface area contributed by atoms with Gasteiger partial charge in [-0.3, -0.25) is 19.4 Å². The average molecular weight is 427 g/mol. The fourth-order valence-electron chi connectivity index (χ4n) is 5.13. The molecule has 0 saturated carbocycles. The van der Waals surface area contributed by atoms with Gasteiger partial charge in [0.05, 0.1) is 11.5 Å². The van der Waals surface area contributed by atoms with Crippen LogP contribution in [0.3, 0.4) is 0 Å². The molecule has 0 spiro atoms. The molecular weight excluding hydrogens is 392 g/mol. The highest BCUT2D eigenvalue weighted by Crippen LogP contribution is 2.29. The quantitative estimate of drug-likeness (QED) is 0.726. The van der Waals surface area contributed by atoms with Gasteiger partial charge < -0.3 is 14.7 Å². The molecule has 0 radical (unpaired) electrons. The van der Waals surface area contributed by atoms with Crippen molar-refractivity contribution in [3.8, 4) is 0 Å². The van der Waals surface area contributed by atoms with E-state index in [9.17, 15) is 14.4 Å². The highest BCUT2D eigenvalue weighted by Gasteiger charge is 2.37. The van der Waals surface area contributed by atoms with Gasteiger partial charge in [-0.2, -0.15) is 0 Å². The summed E-state index contributed by atoms with van der Waals surface area (Å²) in [5.41, 5.74) is 1.67. The minimum atomic E-state index is -0.186. The lowest BCUT2D eigenvalue weighted by molar-refractivity contribution is -0.136. The highest BCUT2D eigenvalue weighted by molar-refractivity contribution is 5.94. The third-order valence-electron chi connectivity index (χ3n) is 6.96. The van der Waals surface area contributed by atoms with Crippen molar-refractivity contribution in [3.05, 3.63) is 29.6 Å². The summed E-state index contributed by atoms with van der Waals surface area (Å²) in [4.78, 5) is 47.9. The smallest absolute Gasteiger partial charge is 0.255 e. The second kappa shape index (κ2) is 9.79. The topological polar surface area (TPSA) is 73.8 Å². The van der Waals surface area contributed by atoms with E-state index in [0.717, 1.165) is 57.4 Å². The maximum absolute atomic E-state index is 12.9. The standard InChI is InChI=1S/C24H34N4O3/c1-2-10-28-17-20(15-22(28)29)24(31)27-13-8-18(9-14-27)21-7-6-19(16-25-21)23(30)26-11-4-3-5-12-26/h6-7,16,18,20H,2-5,8-15,17H2,1H3/t20-/m1/s1. The fourth-order valence-corrected chi connectivity index (χ4v) is 5.13. The molecule has 0 aliphatic carbocycles. The van der Waals surface area contributed by atoms with Crippen molar-refractivity contribution in [1.29, 1.82) is 0 Å². The average Bonchev–Trinajstić information content (AvgIpc) is 3.19. The summed E-state index contributed by atoms with van der Waals surface area (Å²) in [7, 11) is 0. The first-order valence-electron chi connectivity index (χ1n) is 11.9. The SMILES string of the molecule is CCCN1C[C@H](C(=O)N2CCC(c3ccc(C(=O)N4CCCCC4)cn3)CC2)CC1=O. The second-order valence-electron chi connectivity index (χ2n) is 9.16. The van der Waals surface area contributed by atoms with Gasteiger partial charge >= 0.3 is 0 Å². The molecule has 3 fully saturated rings. The number of pyridine rings is 1. The summed E-state index contributed by atoms with van der Waals surface area (Å²) in [6.07, 6.45) is 8.11. The zero-order chi connectivity index (χ0) is 21.8. The molecule has 3 aliphatic heterocycles. The van der Waals surface area contributed by atoms with Crippen LogP contribution in [0.5, 0.6) is 0 Å². The Hall–Kier alpha value is -2.44. The van der Waals surface area contributed by atoms with Gasteiger partial charge in [0, 0.05) is 63.5 Å². The lowest BCUT2D eigenvalue weighted by Crippen LogP contribution is -2.42.